The molecule has 17 heavy (non-hydrogen) atoms. The molecule has 6 nitrogen and oxygen atoms in total. The van der Waals surface area contributed by atoms with Gasteiger partial charge >= 0.3 is 0 Å². The quantitative estimate of drug-likeness (QED) is 0.696. The average molecular weight is 238 g/mol. The molecule has 0 aliphatic heterocycles. The van der Waals surface area contributed by atoms with Crippen LogP contribution in [0.3, 0.4) is 0 Å². The summed E-state index contributed by atoms with van der Waals surface area (Å²) in [6, 6.07) is 2.79. The van der Waals surface area contributed by atoms with Gasteiger partial charge in [0.15, 0.2) is 5.82 Å². The van der Waals surface area contributed by atoms with Crippen LogP contribution in [0.4, 0.5) is 11.5 Å². The number of hydrogen-bond donors (Lipinski definition) is 3. The van der Waals surface area contributed by atoms with Crippen molar-refractivity contribution in [2.75, 3.05) is 18.2 Å². The summed E-state index contributed by atoms with van der Waals surface area (Å²) in [4.78, 5) is 15.4. The first-order valence-corrected chi connectivity index (χ1v) is 5.32. The van der Waals surface area contributed by atoms with Gasteiger partial charge in [-0.15, -0.1) is 0 Å². The SMILES string of the molecule is COc1ccc(N)c(NC(C(N)=O)C(C)C)n1. The lowest BCUT2D eigenvalue weighted by Gasteiger charge is -2.20. The Morgan fingerprint density at radius 2 is 2.12 bits per heavy atom. The van der Waals surface area contributed by atoms with E-state index in [-0.39, 0.29) is 5.92 Å². The highest BCUT2D eigenvalue weighted by molar-refractivity contribution is 5.84. The Morgan fingerprint density at radius 3 is 2.59 bits per heavy atom. The van der Waals surface area contributed by atoms with Crippen LogP contribution in [-0.4, -0.2) is 24.0 Å². The number of anilines is 2. The van der Waals surface area contributed by atoms with E-state index in [1.54, 1.807) is 12.1 Å². The zero-order chi connectivity index (χ0) is 13.0. The summed E-state index contributed by atoms with van der Waals surface area (Å²) in [6.07, 6.45) is 0. The summed E-state index contributed by atoms with van der Waals surface area (Å²) in [5, 5.41) is 2.93. The lowest BCUT2D eigenvalue weighted by Crippen LogP contribution is -2.40. The van der Waals surface area contributed by atoms with Gasteiger partial charge in [-0.3, -0.25) is 4.79 Å². The molecule has 1 aromatic rings. The number of nitrogen functional groups attached to an aromatic ring is 1. The van der Waals surface area contributed by atoms with Crippen LogP contribution in [0, 0.1) is 5.92 Å². The second-order valence-electron chi connectivity index (χ2n) is 4.06. The van der Waals surface area contributed by atoms with Crippen molar-refractivity contribution in [3.05, 3.63) is 12.1 Å². The molecule has 94 valence electrons. The van der Waals surface area contributed by atoms with Crippen LogP contribution >= 0.6 is 0 Å². The lowest BCUT2D eigenvalue weighted by atomic mass is 10.0. The Labute approximate surface area is 100 Å². The van der Waals surface area contributed by atoms with Crippen molar-refractivity contribution >= 4 is 17.4 Å². The number of carbonyl (C=O) groups is 1. The molecule has 6 heteroatoms. The number of carbonyl (C=O) groups excluding carboxylic acids is 1. The zero-order valence-corrected chi connectivity index (χ0v) is 10.2. The standard InChI is InChI=1S/C11H18N4O2/c1-6(2)9(10(13)16)15-11-7(12)4-5-8(14-11)17-3/h4-6,9H,12H2,1-3H3,(H2,13,16)(H,14,15). The van der Waals surface area contributed by atoms with E-state index in [1.165, 1.54) is 7.11 Å². The van der Waals surface area contributed by atoms with Gasteiger partial charge in [0.05, 0.1) is 12.8 Å². The van der Waals surface area contributed by atoms with Gasteiger partial charge in [-0.25, -0.2) is 0 Å². The van der Waals surface area contributed by atoms with E-state index in [1.807, 2.05) is 13.8 Å². The van der Waals surface area contributed by atoms with Gasteiger partial charge < -0.3 is 21.5 Å². The average Bonchev–Trinajstić information content (AvgIpc) is 2.27. The maximum Gasteiger partial charge on any atom is 0.240 e. The third-order valence-electron chi connectivity index (χ3n) is 2.38. The van der Waals surface area contributed by atoms with Crippen LogP contribution < -0.4 is 21.5 Å². The molecule has 0 radical (unpaired) electrons. The third-order valence-corrected chi connectivity index (χ3v) is 2.38. The molecule has 1 heterocycles. The monoisotopic (exact) mass is 238 g/mol. The number of hydrogen-bond acceptors (Lipinski definition) is 5. The zero-order valence-electron chi connectivity index (χ0n) is 10.2. The minimum Gasteiger partial charge on any atom is -0.481 e. The molecule has 0 aliphatic carbocycles. The number of aromatic nitrogens is 1. The fourth-order valence-corrected chi connectivity index (χ4v) is 1.39. The number of rotatable bonds is 5. The molecule has 0 saturated carbocycles. The number of pyridine rings is 1. The van der Waals surface area contributed by atoms with Gasteiger partial charge in [0.1, 0.15) is 6.04 Å². The van der Waals surface area contributed by atoms with Crippen molar-refractivity contribution in [2.45, 2.75) is 19.9 Å². The second-order valence-corrected chi connectivity index (χ2v) is 4.06. The Bertz CT molecular complexity index is 406. The Hall–Kier alpha value is -1.98. The van der Waals surface area contributed by atoms with Crippen molar-refractivity contribution in [3.63, 3.8) is 0 Å². The molecule has 1 unspecified atom stereocenters. The van der Waals surface area contributed by atoms with Crippen LogP contribution in [0.5, 0.6) is 5.88 Å². The predicted molar refractivity (Wildman–Crippen MR) is 66.6 cm³/mol. The van der Waals surface area contributed by atoms with E-state index in [0.717, 1.165) is 0 Å². The minimum atomic E-state index is -0.517. The molecule has 0 aliphatic rings. The van der Waals surface area contributed by atoms with Gasteiger partial charge in [0.2, 0.25) is 11.8 Å². The molecule has 0 aromatic carbocycles. The smallest absolute Gasteiger partial charge is 0.240 e. The fraction of sp³-hybridized carbons (Fsp3) is 0.455. The highest BCUT2D eigenvalue weighted by atomic mass is 16.5. The minimum absolute atomic E-state index is 0.0416. The molecule has 0 fully saturated rings. The fourth-order valence-electron chi connectivity index (χ4n) is 1.39. The Morgan fingerprint density at radius 1 is 1.47 bits per heavy atom. The van der Waals surface area contributed by atoms with Crippen LogP contribution in [0.2, 0.25) is 0 Å². The summed E-state index contributed by atoms with van der Waals surface area (Å²) in [7, 11) is 1.51. The number of nitrogens with one attached hydrogen (secondary N) is 1. The molecule has 5 N–H and O–H groups in total. The molecule has 1 rings (SSSR count). The molecule has 1 atom stereocenters. The highest BCUT2D eigenvalue weighted by Crippen LogP contribution is 2.21. The third kappa shape index (κ3) is 3.24. The van der Waals surface area contributed by atoms with E-state index in [9.17, 15) is 4.79 Å². The molecule has 0 bridgehead atoms. The van der Waals surface area contributed by atoms with Crippen molar-refractivity contribution in [1.29, 1.82) is 0 Å². The summed E-state index contributed by atoms with van der Waals surface area (Å²) in [5.41, 5.74) is 11.5. The molecule has 0 saturated heterocycles. The number of nitrogens with two attached hydrogens (primary N) is 2. The summed E-state index contributed by atoms with van der Waals surface area (Å²) in [6.45, 7) is 3.78. The van der Waals surface area contributed by atoms with E-state index in [2.05, 4.69) is 10.3 Å². The largest absolute Gasteiger partial charge is 0.481 e. The van der Waals surface area contributed by atoms with Crippen LogP contribution in [0.15, 0.2) is 12.1 Å². The first-order chi connectivity index (χ1) is 7.95. The van der Waals surface area contributed by atoms with Gasteiger partial charge in [0, 0.05) is 6.07 Å². The molecule has 1 amide bonds. The van der Waals surface area contributed by atoms with Crippen LogP contribution in [-0.2, 0) is 4.79 Å². The van der Waals surface area contributed by atoms with Gasteiger partial charge in [-0.1, -0.05) is 13.8 Å². The normalized spacial score (nSPS) is 12.2. The van der Waals surface area contributed by atoms with Crippen LogP contribution in [0.25, 0.3) is 0 Å². The summed E-state index contributed by atoms with van der Waals surface area (Å²) in [5.74, 6) is 0.430. The maximum atomic E-state index is 11.3. The first kappa shape index (κ1) is 13.1. The number of nitrogens with zero attached hydrogens (tertiary/aromatic N) is 1. The van der Waals surface area contributed by atoms with E-state index in [4.69, 9.17) is 16.2 Å². The number of methoxy groups -OCH3 is 1. The van der Waals surface area contributed by atoms with Crippen LogP contribution in [0.1, 0.15) is 13.8 Å². The van der Waals surface area contributed by atoms with Crippen molar-refractivity contribution in [2.24, 2.45) is 11.7 Å². The van der Waals surface area contributed by atoms with Crippen molar-refractivity contribution in [1.82, 2.24) is 4.98 Å². The van der Waals surface area contributed by atoms with Gasteiger partial charge in [-0.2, -0.15) is 4.98 Å². The summed E-state index contributed by atoms with van der Waals surface area (Å²) < 4.78 is 4.99. The maximum absolute atomic E-state index is 11.3. The predicted octanol–water partition coefficient (Wildman–Crippen LogP) is 0.594. The number of amides is 1. The van der Waals surface area contributed by atoms with Crippen molar-refractivity contribution < 1.29 is 9.53 Å². The Balaban J connectivity index is 2.96. The second kappa shape index (κ2) is 5.38. The topological polar surface area (TPSA) is 103 Å². The lowest BCUT2D eigenvalue weighted by molar-refractivity contribution is -0.119. The molecule has 1 aromatic heterocycles. The molecular weight excluding hydrogens is 220 g/mol. The highest BCUT2D eigenvalue weighted by Gasteiger charge is 2.20. The first-order valence-electron chi connectivity index (χ1n) is 5.32. The van der Waals surface area contributed by atoms with E-state index in [0.29, 0.717) is 17.4 Å². The molecular formula is C11H18N4O2. The molecule has 0 spiro atoms. The van der Waals surface area contributed by atoms with E-state index < -0.39 is 11.9 Å². The Kier molecular flexibility index (Phi) is 4.14. The number of ether oxygens (including phenoxy) is 1. The van der Waals surface area contributed by atoms with Gasteiger partial charge in [-0.05, 0) is 12.0 Å². The van der Waals surface area contributed by atoms with Crippen molar-refractivity contribution in [3.8, 4) is 5.88 Å². The summed E-state index contributed by atoms with van der Waals surface area (Å²) >= 11 is 0. The van der Waals surface area contributed by atoms with E-state index >= 15 is 0 Å². The number of primary amides is 1. The van der Waals surface area contributed by atoms with Gasteiger partial charge in [0.25, 0.3) is 0 Å².